The molecule has 132 valence electrons. The van der Waals surface area contributed by atoms with Crippen molar-refractivity contribution >= 4 is 15.9 Å². The van der Waals surface area contributed by atoms with Crippen molar-refractivity contribution in [1.82, 2.24) is 0 Å². The molecule has 0 radical (unpaired) electrons. The van der Waals surface area contributed by atoms with Crippen molar-refractivity contribution in [1.29, 1.82) is 0 Å². The van der Waals surface area contributed by atoms with Crippen LogP contribution in [0.5, 0.6) is 0 Å². The summed E-state index contributed by atoms with van der Waals surface area (Å²) in [6.45, 7) is 16.7. The normalized spacial score (nSPS) is 38.9. The minimum Gasteiger partial charge on any atom is -0.386 e. The van der Waals surface area contributed by atoms with E-state index in [9.17, 15) is 5.11 Å². The number of rotatable bonds is 7. The first-order valence-corrected chi connectivity index (χ1v) is 9.79. The van der Waals surface area contributed by atoms with Crippen LogP contribution in [-0.2, 0) is 4.74 Å². The summed E-state index contributed by atoms with van der Waals surface area (Å²) < 4.78 is 5.78. The first-order valence-electron chi connectivity index (χ1n) is 8.87. The van der Waals surface area contributed by atoms with Crippen molar-refractivity contribution in [2.45, 2.75) is 88.4 Å². The Bertz CT molecular complexity index is 468. The molecule has 1 saturated carbocycles. The molecule has 1 heterocycles. The van der Waals surface area contributed by atoms with E-state index in [1.54, 1.807) is 6.08 Å². The van der Waals surface area contributed by atoms with E-state index in [2.05, 4.69) is 49.9 Å². The van der Waals surface area contributed by atoms with Gasteiger partial charge in [0.1, 0.15) is 0 Å². The maximum Gasteiger partial charge on any atom is 0.0892 e. The third-order valence-electron chi connectivity index (χ3n) is 6.21. The van der Waals surface area contributed by atoms with Gasteiger partial charge in [-0.2, -0.15) is 0 Å². The van der Waals surface area contributed by atoms with Gasteiger partial charge >= 0.3 is 0 Å². The van der Waals surface area contributed by atoms with Gasteiger partial charge in [0.15, 0.2) is 0 Å². The Hall–Kier alpha value is -0.120. The molecular formula is C20H33BrO2. The van der Waals surface area contributed by atoms with Crippen LogP contribution >= 0.6 is 15.9 Å². The Balaban J connectivity index is 2.06. The monoisotopic (exact) mass is 384 g/mol. The minimum absolute atomic E-state index is 0.0614. The molecule has 2 fully saturated rings. The van der Waals surface area contributed by atoms with E-state index in [0.29, 0.717) is 16.8 Å². The molecule has 2 unspecified atom stereocenters. The maximum atomic E-state index is 10.3. The van der Waals surface area contributed by atoms with E-state index in [4.69, 9.17) is 4.74 Å². The summed E-state index contributed by atoms with van der Waals surface area (Å²) in [4.78, 5) is 0.501. The number of alkyl halides is 1. The van der Waals surface area contributed by atoms with Crippen LogP contribution in [0.2, 0.25) is 0 Å². The second kappa shape index (κ2) is 6.65. The predicted molar refractivity (Wildman–Crippen MR) is 101 cm³/mol. The van der Waals surface area contributed by atoms with Gasteiger partial charge in [-0.3, -0.25) is 0 Å². The summed E-state index contributed by atoms with van der Waals surface area (Å²) in [5.41, 5.74) is 0.793. The number of hydrogen-bond acceptors (Lipinski definition) is 2. The summed E-state index contributed by atoms with van der Waals surface area (Å²) >= 11 is 3.95. The van der Waals surface area contributed by atoms with Crippen molar-refractivity contribution in [2.24, 2.45) is 11.3 Å². The van der Waals surface area contributed by atoms with Crippen LogP contribution in [-0.4, -0.2) is 27.2 Å². The first kappa shape index (κ1) is 19.2. The minimum atomic E-state index is -0.790. The zero-order valence-corrected chi connectivity index (χ0v) is 16.8. The van der Waals surface area contributed by atoms with E-state index in [0.717, 1.165) is 38.5 Å². The van der Waals surface area contributed by atoms with Crippen LogP contribution in [0, 0.1) is 11.3 Å². The van der Waals surface area contributed by atoms with Gasteiger partial charge < -0.3 is 9.84 Å². The zero-order chi connectivity index (χ0) is 17.5. The molecule has 0 amide bonds. The highest BCUT2D eigenvalue weighted by molar-refractivity contribution is 9.09. The lowest BCUT2D eigenvalue weighted by Gasteiger charge is -2.47. The van der Waals surface area contributed by atoms with E-state index < -0.39 is 5.60 Å². The van der Waals surface area contributed by atoms with Crippen LogP contribution in [0.15, 0.2) is 24.8 Å². The van der Waals surface area contributed by atoms with Crippen LogP contribution < -0.4 is 0 Å². The molecule has 0 bridgehead atoms. The standard InChI is InChI=1S/C20H33BrO2/c1-7-19(5,22)12-10-15-14(2)8-9-16(21)20(15,6)13-11-17-18(3,4)23-17/h7,15-17,22H,1-2,8-13H2,3-6H3/t15-,16+,17?,19?,20+/m1/s1. The Morgan fingerprint density at radius 2 is 2.00 bits per heavy atom. The molecule has 0 spiro atoms. The largest absolute Gasteiger partial charge is 0.386 e. The molecule has 0 aromatic carbocycles. The molecule has 2 aliphatic rings. The van der Waals surface area contributed by atoms with Gasteiger partial charge in [-0.25, -0.2) is 0 Å². The van der Waals surface area contributed by atoms with Crippen LogP contribution in [0.1, 0.15) is 66.2 Å². The summed E-state index contributed by atoms with van der Waals surface area (Å²) in [5, 5.41) is 10.3. The first-order chi connectivity index (χ1) is 10.5. The average molecular weight is 385 g/mol. The lowest BCUT2D eigenvalue weighted by molar-refractivity contribution is 0.0735. The number of halogens is 1. The van der Waals surface area contributed by atoms with Crippen LogP contribution in [0.25, 0.3) is 0 Å². The van der Waals surface area contributed by atoms with Gasteiger partial charge in [-0.05, 0) is 70.6 Å². The van der Waals surface area contributed by atoms with Crippen molar-refractivity contribution in [3.63, 3.8) is 0 Å². The van der Waals surface area contributed by atoms with Crippen LogP contribution in [0.4, 0.5) is 0 Å². The summed E-state index contributed by atoms with van der Waals surface area (Å²) in [6, 6.07) is 0. The number of epoxide rings is 1. The number of ether oxygens (including phenoxy) is 1. The molecule has 1 aliphatic carbocycles. The average Bonchev–Trinajstić information content (AvgIpc) is 3.08. The van der Waals surface area contributed by atoms with Gasteiger partial charge in [0, 0.05) is 4.83 Å². The molecule has 3 heteroatoms. The lowest BCUT2D eigenvalue weighted by atomic mass is 9.61. The smallest absolute Gasteiger partial charge is 0.0892 e. The van der Waals surface area contributed by atoms with Crippen molar-refractivity contribution in [2.75, 3.05) is 0 Å². The summed E-state index contributed by atoms with van der Waals surface area (Å²) in [6.07, 6.45) is 8.22. The molecule has 1 saturated heterocycles. The zero-order valence-electron chi connectivity index (χ0n) is 15.2. The fraction of sp³-hybridized carbons (Fsp3) is 0.800. The Morgan fingerprint density at radius 1 is 1.39 bits per heavy atom. The lowest BCUT2D eigenvalue weighted by Crippen LogP contribution is -2.42. The molecule has 1 aliphatic heterocycles. The van der Waals surface area contributed by atoms with Crippen molar-refractivity contribution in [3.05, 3.63) is 24.8 Å². The number of hydrogen-bond donors (Lipinski definition) is 1. The van der Waals surface area contributed by atoms with Gasteiger partial charge in [0.25, 0.3) is 0 Å². The number of allylic oxidation sites excluding steroid dienone is 1. The Kier molecular flexibility index (Phi) is 5.55. The van der Waals surface area contributed by atoms with E-state index in [1.807, 2.05) is 6.92 Å². The van der Waals surface area contributed by atoms with Crippen LogP contribution in [0.3, 0.4) is 0 Å². The van der Waals surface area contributed by atoms with E-state index in [1.165, 1.54) is 5.57 Å². The van der Waals surface area contributed by atoms with Gasteiger partial charge in [0.05, 0.1) is 17.3 Å². The second-order valence-corrected chi connectivity index (χ2v) is 9.68. The third-order valence-corrected chi connectivity index (χ3v) is 7.72. The fourth-order valence-electron chi connectivity index (χ4n) is 4.09. The fourth-order valence-corrected chi connectivity index (χ4v) is 4.86. The Morgan fingerprint density at radius 3 is 2.52 bits per heavy atom. The van der Waals surface area contributed by atoms with Crippen molar-refractivity contribution in [3.8, 4) is 0 Å². The van der Waals surface area contributed by atoms with Gasteiger partial charge in [-0.15, -0.1) is 6.58 Å². The van der Waals surface area contributed by atoms with E-state index >= 15 is 0 Å². The topological polar surface area (TPSA) is 32.8 Å². The second-order valence-electron chi connectivity index (χ2n) is 8.57. The number of aliphatic hydroxyl groups is 1. The Labute approximate surface area is 150 Å². The molecule has 1 N–H and O–H groups in total. The summed E-state index contributed by atoms with van der Waals surface area (Å²) in [5.74, 6) is 0.439. The third kappa shape index (κ3) is 4.29. The van der Waals surface area contributed by atoms with Gasteiger partial charge in [-0.1, -0.05) is 41.1 Å². The molecule has 5 atom stereocenters. The molecule has 2 rings (SSSR count). The molecule has 0 aromatic rings. The predicted octanol–water partition coefficient (Wildman–Crippen LogP) is 5.40. The SMILES string of the molecule is C=CC(C)(O)CC[C@@H]1C(=C)CC[C@H](Br)[C@@]1(C)CCC1OC1(C)C. The highest BCUT2D eigenvalue weighted by Gasteiger charge is 2.50. The molecule has 23 heavy (non-hydrogen) atoms. The molecule has 2 nitrogen and oxygen atoms in total. The maximum absolute atomic E-state index is 10.3. The summed E-state index contributed by atoms with van der Waals surface area (Å²) in [7, 11) is 0. The van der Waals surface area contributed by atoms with E-state index in [-0.39, 0.29) is 11.0 Å². The molecule has 0 aromatic heterocycles. The highest BCUT2D eigenvalue weighted by Crippen LogP contribution is 2.53. The van der Waals surface area contributed by atoms with Crippen molar-refractivity contribution < 1.29 is 9.84 Å². The molecular weight excluding hydrogens is 352 g/mol. The highest BCUT2D eigenvalue weighted by atomic mass is 79.9. The van der Waals surface area contributed by atoms with Gasteiger partial charge in [0.2, 0.25) is 0 Å². The quantitative estimate of drug-likeness (QED) is 0.362.